The first-order valence-electron chi connectivity index (χ1n) is 8.01. The zero-order chi connectivity index (χ0) is 16.3. The minimum absolute atomic E-state index is 0.485. The van der Waals surface area contributed by atoms with E-state index in [4.69, 9.17) is 11.6 Å². The third kappa shape index (κ3) is 3.75. The Hall–Kier alpha value is -1.39. The maximum absolute atomic E-state index is 10.9. The molecule has 1 aliphatic heterocycles. The highest BCUT2D eigenvalue weighted by Crippen LogP contribution is 2.33. The standard InChI is InChI=1S/C19H22ClNO2/c20-17-8-6-15(7-9-17)10-12-21-13-11-19(23,18(22)14-21)16-4-2-1-3-5-16/h1-9,18,22-23H,10-14H2/t18-,19-/m0/s1. The number of benzene rings is 2. The number of likely N-dealkylation sites (tertiary alicyclic amines) is 1. The summed E-state index contributed by atoms with van der Waals surface area (Å²) in [6, 6.07) is 17.3. The zero-order valence-electron chi connectivity index (χ0n) is 13.0. The number of halogens is 1. The van der Waals surface area contributed by atoms with Gasteiger partial charge < -0.3 is 15.1 Å². The van der Waals surface area contributed by atoms with Crippen molar-refractivity contribution in [3.05, 3.63) is 70.7 Å². The molecule has 3 nitrogen and oxygen atoms in total. The summed E-state index contributed by atoms with van der Waals surface area (Å²) >= 11 is 5.90. The lowest BCUT2D eigenvalue weighted by molar-refractivity contribution is -0.124. The lowest BCUT2D eigenvalue weighted by Crippen LogP contribution is -2.53. The topological polar surface area (TPSA) is 43.7 Å². The van der Waals surface area contributed by atoms with E-state index >= 15 is 0 Å². The zero-order valence-corrected chi connectivity index (χ0v) is 13.8. The molecule has 0 saturated carbocycles. The lowest BCUT2D eigenvalue weighted by Gasteiger charge is -2.42. The molecule has 2 aromatic carbocycles. The van der Waals surface area contributed by atoms with E-state index in [-0.39, 0.29) is 0 Å². The number of aliphatic hydroxyl groups excluding tert-OH is 1. The summed E-state index contributed by atoms with van der Waals surface area (Å²) in [5.41, 5.74) is 0.885. The minimum atomic E-state index is -1.14. The second kappa shape index (κ2) is 7.02. The first-order chi connectivity index (χ1) is 11.1. The Kier molecular flexibility index (Phi) is 5.02. The van der Waals surface area contributed by atoms with Gasteiger partial charge in [-0.1, -0.05) is 54.1 Å². The lowest BCUT2D eigenvalue weighted by atomic mass is 9.82. The molecule has 0 radical (unpaired) electrons. The average Bonchev–Trinajstić information content (AvgIpc) is 2.58. The molecule has 0 amide bonds. The summed E-state index contributed by atoms with van der Waals surface area (Å²) in [6.07, 6.45) is 0.677. The highest BCUT2D eigenvalue weighted by Gasteiger charge is 2.41. The van der Waals surface area contributed by atoms with Crippen molar-refractivity contribution in [2.45, 2.75) is 24.5 Å². The van der Waals surface area contributed by atoms with Crippen molar-refractivity contribution in [1.29, 1.82) is 0 Å². The average molecular weight is 332 g/mol. The van der Waals surface area contributed by atoms with Crippen molar-refractivity contribution >= 4 is 11.6 Å². The van der Waals surface area contributed by atoms with Gasteiger partial charge in [-0.05, 0) is 36.1 Å². The number of hydrogen-bond donors (Lipinski definition) is 2. The molecule has 4 heteroatoms. The maximum Gasteiger partial charge on any atom is 0.118 e. The van der Waals surface area contributed by atoms with E-state index in [0.717, 1.165) is 30.1 Å². The van der Waals surface area contributed by atoms with Crippen LogP contribution in [0.25, 0.3) is 0 Å². The molecule has 2 atom stereocenters. The van der Waals surface area contributed by atoms with Gasteiger partial charge in [-0.3, -0.25) is 0 Å². The van der Waals surface area contributed by atoms with E-state index in [1.165, 1.54) is 5.56 Å². The first-order valence-corrected chi connectivity index (χ1v) is 8.38. The van der Waals surface area contributed by atoms with Crippen LogP contribution in [-0.2, 0) is 12.0 Å². The SMILES string of the molecule is O[C@H]1CN(CCc2ccc(Cl)cc2)CC[C@]1(O)c1ccccc1. The fourth-order valence-corrected chi connectivity index (χ4v) is 3.31. The monoisotopic (exact) mass is 331 g/mol. The van der Waals surface area contributed by atoms with Crippen molar-refractivity contribution in [2.75, 3.05) is 19.6 Å². The molecule has 3 rings (SSSR count). The molecule has 1 aliphatic rings. The Balaban J connectivity index is 1.59. The van der Waals surface area contributed by atoms with Crippen LogP contribution in [0.15, 0.2) is 54.6 Å². The molecule has 0 aliphatic carbocycles. The molecule has 1 heterocycles. The van der Waals surface area contributed by atoms with Crippen molar-refractivity contribution in [3.63, 3.8) is 0 Å². The van der Waals surface area contributed by atoms with Gasteiger partial charge in [0.05, 0.1) is 6.10 Å². The molecule has 0 unspecified atom stereocenters. The van der Waals surface area contributed by atoms with Crippen LogP contribution >= 0.6 is 11.6 Å². The van der Waals surface area contributed by atoms with Gasteiger partial charge >= 0.3 is 0 Å². The molecule has 2 N–H and O–H groups in total. The molecule has 0 aromatic heterocycles. The van der Waals surface area contributed by atoms with Gasteiger partial charge in [0.15, 0.2) is 0 Å². The van der Waals surface area contributed by atoms with Crippen LogP contribution in [0.1, 0.15) is 17.5 Å². The van der Waals surface area contributed by atoms with Gasteiger partial charge in [-0.2, -0.15) is 0 Å². The van der Waals surface area contributed by atoms with Crippen LogP contribution in [0.5, 0.6) is 0 Å². The Labute approximate surface area is 142 Å². The maximum atomic E-state index is 10.9. The number of rotatable bonds is 4. The van der Waals surface area contributed by atoms with Gasteiger partial charge in [0.25, 0.3) is 0 Å². The van der Waals surface area contributed by atoms with Crippen LogP contribution in [0.4, 0.5) is 0 Å². The summed E-state index contributed by atoms with van der Waals surface area (Å²) < 4.78 is 0. The molecule has 2 aromatic rings. The van der Waals surface area contributed by atoms with Crippen LogP contribution in [-0.4, -0.2) is 40.9 Å². The van der Waals surface area contributed by atoms with Crippen LogP contribution in [0, 0.1) is 0 Å². The molecule has 1 fully saturated rings. The second-order valence-electron chi connectivity index (χ2n) is 6.23. The van der Waals surface area contributed by atoms with Crippen molar-refractivity contribution < 1.29 is 10.2 Å². The Morgan fingerprint density at radius 3 is 2.43 bits per heavy atom. The first kappa shape index (κ1) is 16.5. The van der Waals surface area contributed by atoms with Gasteiger partial charge in [-0.25, -0.2) is 0 Å². The Morgan fingerprint density at radius 1 is 1.09 bits per heavy atom. The predicted octanol–water partition coefficient (Wildman–Crippen LogP) is 2.84. The summed E-state index contributed by atoms with van der Waals surface area (Å²) in [5, 5.41) is 22.1. The summed E-state index contributed by atoms with van der Waals surface area (Å²) in [7, 11) is 0. The molecule has 0 spiro atoms. The predicted molar refractivity (Wildman–Crippen MR) is 92.6 cm³/mol. The number of hydrogen-bond acceptors (Lipinski definition) is 3. The van der Waals surface area contributed by atoms with E-state index in [1.54, 1.807) is 0 Å². The smallest absolute Gasteiger partial charge is 0.118 e. The summed E-state index contributed by atoms with van der Waals surface area (Å²) in [6.45, 7) is 2.12. The highest BCUT2D eigenvalue weighted by molar-refractivity contribution is 6.30. The van der Waals surface area contributed by atoms with Crippen LogP contribution in [0.3, 0.4) is 0 Å². The molecule has 1 saturated heterocycles. The quantitative estimate of drug-likeness (QED) is 0.905. The van der Waals surface area contributed by atoms with Gasteiger partial charge in [0.2, 0.25) is 0 Å². The van der Waals surface area contributed by atoms with E-state index in [2.05, 4.69) is 4.90 Å². The largest absolute Gasteiger partial charge is 0.388 e. The van der Waals surface area contributed by atoms with E-state index in [0.29, 0.717) is 13.0 Å². The van der Waals surface area contributed by atoms with Crippen LogP contribution in [0.2, 0.25) is 5.02 Å². The Bertz CT molecular complexity index is 632. The van der Waals surface area contributed by atoms with Gasteiger partial charge in [-0.15, -0.1) is 0 Å². The normalized spacial score (nSPS) is 25.4. The summed E-state index contributed by atoms with van der Waals surface area (Å²) in [5.74, 6) is 0. The number of piperidine rings is 1. The van der Waals surface area contributed by atoms with Gasteiger partial charge in [0, 0.05) is 24.7 Å². The third-order valence-corrected chi connectivity index (χ3v) is 4.95. The van der Waals surface area contributed by atoms with Crippen molar-refractivity contribution in [1.82, 2.24) is 4.90 Å². The molecule has 0 bridgehead atoms. The van der Waals surface area contributed by atoms with E-state index < -0.39 is 11.7 Å². The highest BCUT2D eigenvalue weighted by atomic mass is 35.5. The molecular formula is C19H22ClNO2. The third-order valence-electron chi connectivity index (χ3n) is 4.70. The number of nitrogens with zero attached hydrogens (tertiary/aromatic N) is 1. The van der Waals surface area contributed by atoms with Gasteiger partial charge in [0.1, 0.15) is 5.60 Å². The molecular weight excluding hydrogens is 310 g/mol. The molecule has 122 valence electrons. The second-order valence-corrected chi connectivity index (χ2v) is 6.67. The number of aliphatic hydroxyl groups is 2. The van der Waals surface area contributed by atoms with E-state index in [1.807, 2.05) is 54.6 Å². The van der Waals surface area contributed by atoms with Crippen LogP contribution < -0.4 is 0 Å². The Morgan fingerprint density at radius 2 is 1.78 bits per heavy atom. The minimum Gasteiger partial charge on any atom is -0.388 e. The summed E-state index contributed by atoms with van der Waals surface area (Å²) in [4.78, 5) is 2.21. The van der Waals surface area contributed by atoms with Crippen molar-refractivity contribution in [2.24, 2.45) is 0 Å². The van der Waals surface area contributed by atoms with Crippen molar-refractivity contribution in [3.8, 4) is 0 Å². The fraction of sp³-hybridized carbons (Fsp3) is 0.368. The fourth-order valence-electron chi connectivity index (χ4n) is 3.19. The van der Waals surface area contributed by atoms with E-state index in [9.17, 15) is 10.2 Å². The molecule has 23 heavy (non-hydrogen) atoms. The number of β-amino-alcohol motifs (C(OH)–C–C–N with tert-alkyl or cyclic N) is 1.